The van der Waals surface area contributed by atoms with Gasteiger partial charge in [0.15, 0.2) is 9.84 Å². The number of fused-ring (bicyclic) bond motifs is 1. The van der Waals surface area contributed by atoms with Crippen LogP contribution in [0, 0.1) is 6.92 Å². The summed E-state index contributed by atoms with van der Waals surface area (Å²) in [6.45, 7) is 13.8. The standard InChI is InChI=1S/C25H34N6O3S/c1-16-7-9-26-19(11-16)31-14-24(4,5)20-21(27-15-28-22(20)31)29-12-18(3)30(13-17(29)2)23(32)25(6)8-10-35(25,33)34/h7,9,11,15,17-18H,8,10,12-14H2,1-6H3/t17-,18+,25+/m0/s1. The number of hydrogen-bond donors (Lipinski definition) is 0. The Labute approximate surface area is 207 Å². The third-order valence-corrected chi connectivity index (χ3v) is 10.5. The van der Waals surface area contributed by atoms with Crippen molar-refractivity contribution in [2.75, 3.05) is 35.2 Å². The molecule has 2 fully saturated rings. The first-order valence-corrected chi connectivity index (χ1v) is 13.9. The first kappa shape index (κ1) is 24.0. The van der Waals surface area contributed by atoms with Gasteiger partial charge in [-0.25, -0.2) is 23.4 Å². The first-order chi connectivity index (χ1) is 16.4. The van der Waals surface area contributed by atoms with Crippen LogP contribution in [0.5, 0.6) is 0 Å². The molecule has 0 aromatic carbocycles. The molecule has 188 valence electrons. The van der Waals surface area contributed by atoms with Crippen molar-refractivity contribution in [1.82, 2.24) is 19.9 Å². The van der Waals surface area contributed by atoms with Gasteiger partial charge in [0, 0.05) is 48.9 Å². The molecule has 0 spiro atoms. The van der Waals surface area contributed by atoms with E-state index in [4.69, 9.17) is 4.98 Å². The van der Waals surface area contributed by atoms with Crippen LogP contribution in [0.15, 0.2) is 24.7 Å². The number of carbonyl (C=O) groups is 1. The average Bonchev–Trinajstić information content (AvgIpc) is 3.09. The van der Waals surface area contributed by atoms with Gasteiger partial charge in [0.05, 0.1) is 5.75 Å². The average molecular weight is 499 g/mol. The molecule has 3 atom stereocenters. The maximum absolute atomic E-state index is 13.3. The van der Waals surface area contributed by atoms with E-state index in [1.54, 1.807) is 18.2 Å². The van der Waals surface area contributed by atoms with Gasteiger partial charge in [0.25, 0.3) is 0 Å². The second-order valence-corrected chi connectivity index (χ2v) is 13.7. The number of hydrogen-bond acceptors (Lipinski definition) is 8. The fraction of sp³-hybridized carbons (Fsp3) is 0.600. The molecule has 0 N–H and O–H groups in total. The summed E-state index contributed by atoms with van der Waals surface area (Å²) in [7, 11) is -3.37. The molecular formula is C25H34N6O3S. The molecule has 1 amide bonds. The molecule has 9 nitrogen and oxygen atoms in total. The summed E-state index contributed by atoms with van der Waals surface area (Å²) in [5.41, 5.74) is 2.01. The molecule has 5 heterocycles. The van der Waals surface area contributed by atoms with Gasteiger partial charge in [-0.1, -0.05) is 13.8 Å². The fourth-order valence-electron chi connectivity index (χ4n) is 5.62. The van der Waals surface area contributed by atoms with E-state index in [0.29, 0.717) is 19.5 Å². The van der Waals surface area contributed by atoms with E-state index in [0.717, 1.165) is 35.1 Å². The Kier molecular flexibility index (Phi) is 5.39. The lowest BCUT2D eigenvalue weighted by Gasteiger charge is -2.49. The Morgan fingerprint density at radius 2 is 1.77 bits per heavy atom. The van der Waals surface area contributed by atoms with Crippen molar-refractivity contribution in [3.8, 4) is 0 Å². The van der Waals surface area contributed by atoms with Gasteiger partial charge in [-0.15, -0.1) is 0 Å². The highest BCUT2D eigenvalue weighted by atomic mass is 32.2. The third kappa shape index (κ3) is 3.59. The monoisotopic (exact) mass is 498 g/mol. The van der Waals surface area contributed by atoms with E-state index in [1.807, 2.05) is 19.2 Å². The van der Waals surface area contributed by atoms with Gasteiger partial charge in [-0.05, 0) is 51.8 Å². The molecule has 0 saturated carbocycles. The molecule has 5 rings (SSSR count). The minimum atomic E-state index is -3.37. The van der Waals surface area contributed by atoms with Crippen molar-refractivity contribution in [2.45, 2.75) is 70.2 Å². The summed E-state index contributed by atoms with van der Waals surface area (Å²) < 4.78 is 23.5. The van der Waals surface area contributed by atoms with Crippen LogP contribution in [0.1, 0.15) is 52.2 Å². The van der Waals surface area contributed by atoms with Gasteiger partial charge in [-0.2, -0.15) is 0 Å². The highest BCUT2D eigenvalue weighted by Crippen LogP contribution is 2.47. The van der Waals surface area contributed by atoms with Gasteiger partial charge >= 0.3 is 0 Å². The number of carbonyl (C=O) groups excluding carboxylic acids is 1. The predicted octanol–water partition coefficient (Wildman–Crippen LogP) is 2.61. The molecular weight excluding hydrogens is 464 g/mol. The topological polar surface area (TPSA) is 99.6 Å². The minimum absolute atomic E-state index is 0.0255. The van der Waals surface area contributed by atoms with Gasteiger partial charge in [0.2, 0.25) is 5.91 Å². The Balaban J connectivity index is 1.47. The quantitative estimate of drug-likeness (QED) is 0.637. The zero-order valence-electron chi connectivity index (χ0n) is 21.3. The van der Waals surface area contributed by atoms with Crippen LogP contribution in [0.3, 0.4) is 0 Å². The maximum atomic E-state index is 13.3. The van der Waals surface area contributed by atoms with E-state index in [2.05, 4.69) is 53.5 Å². The molecule has 0 radical (unpaired) electrons. The number of nitrogens with zero attached hydrogens (tertiary/aromatic N) is 6. The Morgan fingerprint density at radius 3 is 2.40 bits per heavy atom. The van der Waals surface area contributed by atoms with E-state index in [9.17, 15) is 13.2 Å². The summed E-state index contributed by atoms with van der Waals surface area (Å²) >= 11 is 0. The van der Waals surface area contributed by atoms with Gasteiger partial charge in [-0.3, -0.25) is 4.79 Å². The first-order valence-electron chi connectivity index (χ1n) is 12.2. The number of pyridine rings is 1. The lowest BCUT2D eigenvalue weighted by atomic mass is 9.87. The van der Waals surface area contributed by atoms with Crippen molar-refractivity contribution < 1.29 is 13.2 Å². The maximum Gasteiger partial charge on any atom is 0.244 e. The number of amides is 1. The molecule has 2 aromatic heterocycles. The highest BCUT2D eigenvalue weighted by molar-refractivity contribution is 7.95. The minimum Gasteiger partial charge on any atom is -0.350 e. The second-order valence-electron chi connectivity index (χ2n) is 11.2. The van der Waals surface area contributed by atoms with Crippen molar-refractivity contribution in [3.05, 3.63) is 35.8 Å². The Morgan fingerprint density at radius 1 is 1.06 bits per heavy atom. The van der Waals surface area contributed by atoms with E-state index in [1.165, 1.54) is 0 Å². The SMILES string of the molecule is Cc1ccnc(N2CC(C)(C)c3c2ncnc3N2C[C@@H](C)N(C(=O)[C@@]3(C)CCS3(=O)=O)C[C@@H]2C)c1. The Bertz CT molecular complexity index is 1300. The smallest absolute Gasteiger partial charge is 0.244 e. The zero-order chi connectivity index (χ0) is 25.3. The summed E-state index contributed by atoms with van der Waals surface area (Å²) in [6.07, 6.45) is 3.82. The van der Waals surface area contributed by atoms with Crippen LogP contribution in [0.25, 0.3) is 0 Å². The van der Waals surface area contributed by atoms with Crippen molar-refractivity contribution >= 4 is 33.2 Å². The summed E-state index contributed by atoms with van der Waals surface area (Å²) in [5.74, 6) is 2.43. The van der Waals surface area contributed by atoms with Crippen LogP contribution in [0.4, 0.5) is 17.5 Å². The number of sulfone groups is 1. The normalized spacial score (nSPS) is 29.0. The largest absolute Gasteiger partial charge is 0.350 e. The van der Waals surface area contributed by atoms with E-state index < -0.39 is 14.6 Å². The highest BCUT2D eigenvalue weighted by Gasteiger charge is 2.57. The molecule has 3 aliphatic rings. The number of anilines is 3. The van der Waals surface area contributed by atoms with Gasteiger partial charge < -0.3 is 14.7 Å². The molecule has 35 heavy (non-hydrogen) atoms. The van der Waals surface area contributed by atoms with Crippen LogP contribution in [-0.4, -0.2) is 76.4 Å². The summed E-state index contributed by atoms with van der Waals surface area (Å²) in [6, 6.07) is 3.88. The van der Waals surface area contributed by atoms with Gasteiger partial charge in [0.1, 0.15) is 28.5 Å². The molecule has 0 aliphatic carbocycles. The van der Waals surface area contributed by atoms with E-state index >= 15 is 0 Å². The summed E-state index contributed by atoms with van der Waals surface area (Å²) in [4.78, 5) is 33.5. The predicted molar refractivity (Wildman–Crippen MR) is 136 cm³/mol. The second kappa shape index (κ2) is 7.88. The lowest BCUT2D eigenvalue weighted by molar-refractivity contribution is -0.137. The zero-order valence-corrected chi connectivity index (χ0v) is 22.1. The molecule has 10 heteroatoms. The lowest BCUT2D eigenvalue weighted by Crippen LogP contribution is -2.66. The van der Waals surface area contributed by atoms with Crippen molar-refractivity contribution in [2.24, 2.45) is 0 Å². The molecule has 3 aliphatic heterocycles. The third-order valence-electron chi connectivity index (χ3n) is 7.98. The number of aryl methyl sites for hydroxylation is 1. The van der Waals surface area contributed by atoms with Crippen LogP contribution >= 0.6 is 0 Å². The van der Waals surface area contributed by atoms with Crippen LogP contribution in [-0.2, 0) is 20.0 Å². The number of rotatable bonds is 3. The summed E-state index contributed by atoms with van der Waals surface area (Å²) in [5, 5.41) is 0. The van der Waals surface area contributed by atoms with Crippen LogP contribution in [0.2, 0.25) is 0 Å². The van der Waals surface area contributed by atoms with Crippen LogP contribution < -0.4 is 9.80 Å². The fourth-order valence-corrected chi connectivity index (χ4v) is 7.16. The number of aromatic nitrogens is 3. The van der Waals surface area contributed by atoms with E-state index in [-0.39, 0.29) is 29.2 Å². The van der Waals surface area contributed by atoms with Crippen molar-refractivity contribution in [1.29, 1.82) is 0 Å². The molecule has 0 bridgehead atoms. The molecule has 2 aromatic rings. The molecule has 0 unspecified atom stereocenters. The molecule has 2 saturated heterocycles. The number of piperazine rings is 1. The Hall–Kier alpha value is -2.75. The van der Waals surface area contributed by atoms with Crippen molar-refractivity contribution in [3.63, 3.8) is 0 Å².